The van der Waals surface area contributed by atoms with E-state index in [0.29, 0.717) is 11.4 Å². The highest BCUT2D eigenvalue weighted by Crippen LogP contribution is 2.24. The highest BCUT2D eigenvalue weighted by Gasteiger charge is 2.17. The maximum absolute atomic E-state index is 12.0. The average Bonchev–Trinajstić information content (AvgIpc) is 2.50. The topological polar surface area (TPSA) is 90.1 Å². The molecule has 0 bridgehead atoms. The summed E-state index contributed by atoms with van der Waals surface area (Å²) < 4.78 is 5.55. The summed E-state index contributed by atoms with van der Waals surface area (Å²) in [6, 6.07) is 6.80. The van der Waals surface area contributed by atoms with E-state index in [1.165, 1.54) is 0 Å². The molecule has 0 radical (unpaired) electrons. The number of nitrogens with two attached hydrogens (primary N) is 1. The predicted molar refractivity (Wildman–Crippen MR) is 84.7 cm³/mol. The van der Waals surface area contributed by atoms with E-state index >= 15 is 0 Å². The number of aryl methyl sites for hydroxylation is 1. The van der Waals surface area contributed by atoms with E-state index in [9.17, 15) is 4.79 Å². The number of nitrogens with zero attached hydrogens (tertiary/aromatic N) is 2. The molecule has 0 spiro atoms. The Morgan fingerprint density at radius 3 is 2.55 bits per heavy atom. The molecule has 2 aromatic rings. The van der Waals surface area contributed by atoms with Crippen LogP contribution >= 0.6 is 0 Å². The second-order valence-electron chi connectivity index (χ2n) is 5.37. The summed E-state index contributed by atoms with van der Waals surface area (Å²) in [6.07, 6.45) is 3.22. The number of aromatic nitrogens is 2. The summed E-state index contributed by atoms with van der Waals surface area (Å²) in [6.45, 7) is 5.71. The monoisotopic (exact) mass is 300 g/mol. The van der Waals surface area contributed by atoms with Crippen LogP contribution in [0, 0.1) is 12.8 Å². The average molecular weight is 300 g/mol. The molecule has 0 aliphatic carbocycles. The smallest absolute Gasteiger partial charge is 0.321 e. The summed E-state index contributed by atoms with van der Waals surface area (Å²) in [7, 11) is 0. The van der Waals surface area contributed by atoms with Gasteiger partial charge in [-0.3, -0.25) is 4.79 Å². The Labute approximate surface area is 129 Å². The molecule has 1 aromatic heterocycles. The number of nitrogens with one attached hydrogen (secondary N) is 1. The van der Waals surface area contributed by atoms with Gasteiger partial charge in [0, 0.05) is 18.1 Å². The van der Waals surface area contributed by atoms with E-state index in [4.69, 9.17) is 10.5 Å². The van der Waals surface area contributed by atoms with Gasteiger partial charge >= 0.3 is 6.01 Å². The lowest BCUT2D eigenvalue weighted by atomic mass is 10.0. The van der Waals surface area contributed by atoms with Gasteiger partial charge in [-0.15, -0.1) is 0 Å². The fourth-order valence-electron chi connectivity index (χ4n) is 1.80. The van der Waals surface area contributed by atoms with Crippen LogP contribution in [0.1, 0.15) is 19.4 Å². The van der Waals surface area contributed by atoms with Crippen LogP contribution in [0.4, 0.5) is 5.69 Å². The zero-order valence-electron chi connectivity index (χ0n) is 12.9. The van der Waals surface area contributed by atoms with Crippen LogP contribution in [-0.4, -0.2) is 21.9 Å². The summed E-state index contributed by atoms with van der Waals surface area (Å²) in [5.74, 6) is 0.492. The summed E-state index contributed by atoms with van der Waals surface area (Å²) in [4.78, 5) is 20.0. The maximum atomic E-state index is 12.0. The Balaban J connectivity index is 2.08. The molecule has 0 fully saturated rings. The minimum atomic E-state index is -0.534. The highest BCUT2D eigenvalue weighted by atomic mass is 16.5. The number of amides is 1. The molecule has 22 heavy (non-hydrogen) atoms. The van der Waals surface area contributed by atoms with Crippen LogP contribution in [-0.2, 0) is 4.79 Å². The van der Waals surface area contributed by atoms with Gasteiger partial charge in [-0.25, -0.2) is 9.97 Å². The van der Waals surface area contributed by atoms with Crippen molar-refractivity contribution in [2.45, 2.75) is 26.8 Å². The minimum absolute atomic E-state index is 0.0816. The third-order valence-corrected chi connectivity index (χ3v) is 3.23. The molecule has 116 valence electrons. The van der Waals surface area contributed by atoms with Crippen LogP contribution < -0.4 is 15.8 Å². The molecule has 1 atom stereocenters. The van der Waals surface area contributed by atoms with Gasteiger partial charge in [-0.05, 0) is 42.7 Å². The number of anilines is 1. The molecule has 6 heteroatoms. The molecule has 0 saturated carbocycles. The molecular formula is C16H20N4O2. The fourth-order valence-corrected chi connectivity index (χ4v) is 1.80. The molecule has 1 aromatic carbocycles. The normalized spacial score (nSPS) is 12.0. The van der Waals surface area contributed by atoms with Crippen LogP contribution in [0.25, 0.3) is 0 Å². The van der Waals surface area contributed by atoms with Crippen LogP contribution in [0.2, 0.25) is 0 Å². The molecule has 1 amide bonds. The van der Waals surface area contributed by atoms with Crippen molar-refractivity contribution in [2.75, 3.05) is 5.32 Å². The van der Waals surface area contributed by atoms with E-state index < -0.39 is 6.04 Å². The second-order valence-corrected chi connectivity index (χ2v) is 5.37. The third kappa shape index (κ3) is 4.02. The van der Waals surface area contributed by atoms with Gasteiger partial charge in [0.2, 0.25) is 5.91 Å². The fraction of sp³-hybridized carbons (Fsp3) is 0.312. The van der Waals surface area contributed by atoms with E-state index in [1.54, 1.807) is 30.6 Å². The number of rotatable bonds is 5. The maximum Gasteiger partial charge on any atom is 0.321 e. The molecule has 0 aliphatic heterocycles. The zero-order chi connectivity index (χ0) is 16.1. The largest absolute Gasteiger partial charge is 0.424 e. The molecule has 1 heterocycles. The van der Waals surface area contributed by atoms with Crippen molar-refractivity contribution in [3.05, 3.63) is 42.2 Å². The lowest BCUT2D eigenvalue weighted by molar-refractivity contribution is -0.118. The molecule has 2 rings (SSSR count). The Hall–Kier alpha value is -2.47. The predicted octanol–water partition coefficient (Wildman–Crippen LogP) is 2.50. The Bertz CT molecular complexity index is 644. The van der Waals surface area contributed by atoms with E-state index in [2.05, 4.69) is 15.3 Å². The first-order chi connectivity index (χ1) is 10.5. The SMILES string of the molecule is Cc1cc(Oc2ncccn2)ccc1NC(=O)[C@@H](N)C(C)C. The Kier molecular flexibility index (Phi) is 5.06. The highest BCUT2D eigenvalue weighted by molar-refractivity contribution is 5.95. The van der Waals surface area contributed by atoms with Gasteiger partial charge in [0.25, 0.3) is 0 Å². The molecule has 3 N–H and O–H groups in total. The van der Waals surface area contributed by atoms with Crippen molar-refractivity contribution >= 4 is 11.6 Å². The van der Waals surface area contributed by atoms with E-state index in [0.717, 1.165) is 5.56 Å². The number of carbonyl (C=O) groups excluding carboxylic acids is 1. The summed E-state index contributed by atoms with van der Waals surface area (Å²) >= 11 is 0. The second kappa shape index (κ2) is 7.00. The Morgan fingerprint density at radius 1 is 1.27 bits per heavy atom. The van der Waals surface area contributed by atoms with E-state index in [-0.39, 0.29) is 17.8 Å². The molecule has 6 nitrogen and oxygen atoms in total. The zero-order valence-corrected chi connectivity index (χ0v) is 12.9. The standard InChI is InChI=1S/C16H20N4O2/c1-10(2)14(17)15(21)20-13-6-5-12(9-11(13)3)22-16-18-7-4-8-19-16/h4-10,14H,17H2,1-3H3,(H,20,21)/t14-/m0/s1. The minimum Gasteiger partial charge on any atom is -0.424 e. The van der Waals surface area contributed by atoms with Crippen molar-refractivity contribution in [1.82, 2.24) is 9.97 Å². The van der Waals surface area contributed by atoms with Gasteiger partial charge in [0.1, 0.15) is 5.75 Å². The first-order valence-corrected chi connectivity index (χ1v) is 7.09. The van der Waals surface area contributed by atoms with Crippen molar-refractivity contribution in [3.63, 3.8) is 0 Å². The third-order valence-electron chi connectivity index (χ3n) is 3.23. The molecular weight excluding hydrogens is 280 g/mol. The van der Waals surface area contributed by atoms with Crippen molar-refractivity contribution in [3.8, 4) is 11.8 Å². The number of hydrogen-bond acceptors (Lipinski definition) is 5. The number of hydrogen-bond donors (Lipinski definition) is 2. The number of ether oxygens (including phenoxy) is 1. The van der Waals surface area contributed by atoms with Gasteiger partial charge in [0.15, 0.2) is 0 Å². The van der Waals surface area contributed by atoms with Gasteiger partial charge in [0.05, 0.1) is 6.04 Å². The van der Waals surface area contributed by atoms with Crippen molar-refractivity contribution in [1.29, 1.82) is 0 Å². The first-order valence-electron chi connectivity index (χ1n) is 7.09. The van der Waals surface area contributed by atoms with Crippen LogP contribution in [0.15, 0.2) is 36.7 Å². The Morgan fingerprint density at radius 2 is 1.95 bits per heavy atom. The molecule has 0 saturated heterocycles. The number of carbonyl (C=O) groups is 1. The van der Waals surface area contributed by atoms with Crippen molar-refractivity contribution in [2.24, 2.45) is 11.7 Å². The first kappa shape index (κ1) is 15.9. The van der Waals surface area contributed by atoms with Gasteiger partial charge < -0.3 is 15.8 Å². The lowest BCUT2D eigenvalue weighted by Gasteiger charge is -2.16. The number of benzene rings is 1. The lowest BCUT2D eigenvalue weighted by Crippen LogP contribution is -2.39. The summed E-state index contributed by atoms with van der Waals surface area (Å²) in [5, 5.41) is 2.83. The molecule has 0 aliphatic rings. The molecule has 0 unspecified atom stereocenters. The van der Waals surface area contributed by atoms with Crippen LogP contribution in [0.3, 0.4) is 0 Å². The van der Waals surface area contributed by atoms with Crippen molar-refractivity contribution < 1.29 is 9.53 Å². The quantitative estimate of drug-likeness (QED) is 0.885. The van der Waals surface area contributed by atoms with Gasteiger partial charge in [-0.2, -0.15) is 0 Å². The van der Waals surface area contributed by atoms with E-state index in [1.807, 2.05) is 26.8 Å². The van der Waals surface area contributed by atoms with Crippen LogP contribution in [0.5, 0.6) is 11.8 Å². The van der Waals surface area contributed by atoms with Gasteiger partial charge in [-0.1, -0.05) is 13.8 Å². The summed E-state index contributed by atoms with van der Waals surface area (Å²) in [5.41, 5.74) is 7.42.